The lowest BCUT2D eigenvalue weighted by atomic mass is 9.77. The van der Waals surface area contributed by atoms with Crippen LogP contribution < -0.4 is 4.74 Å². The molecule has 3 rings (SSSR count). The molecule has 0 aliphatic heterocycles. The van der Waals surface area contributed by atoms with E-state index in [-0.39, 0.29) is 0 Å². The van der Waals surface area contributed by atoms with E-state index in [1.54, 1.807) is 0 Å². The van der Waals surface area contributed by atoms with Gasteiger partial charge in [0.1, 0.15) is 5.75 Å². The van der Waals surface area contributed by atoms with Gasteiger partial charge in [-0.2, -0.15) is 0 Å². The summed E-state index contributed by atoms with van der Waals surface area (Å²) in [5.74, 6) is 4.00. The van der Waals surface area contributed by atoms with Crippen LogP contribution in [0.3, 0.4) is 0 Å². The molecule has 0 spiro atoms. The molecule has 2 aliphatic rings. The second-order valence-corrected chi connectivity index (χ2v) is 10.2. The number of hydrogen-bond donors (Lipinski definition) is 1. The normalized spacial score (nSPS) is 26.6. The smallest absolute Gasteiger partial charge is 0.173 e. The Labute approximate surface area is 201 Å². The number of unbranched alkanes of at least 4 members (excludes halogenated alkanes) is 1. The zero-order chi connectivity index (χ0) is 23.3. The van der Waals surface area contributed by atoms with E-state index in [1.165, 1.54) is 82.3 Å². The van der Waals surface area contributed by atoms with Crippen molar-refractivity contribution in [3.8, 4) is 5.75 Å². The first kappa shape index (κ1) is 26.2. The standard InChI is InChI=1S/C29H46O4/c1-3-5-6-23-11-13-26(14-12-23)27-15-17-28(18-16-27)33-22-25-9-7-24(8-10-25)21-31-19-20-32-29(30)4-2/h4,15-18,23-26,29-30H,2-3,5-14,19-22H2,1H3. The molecule has 2 fully saturated rings. The fraction of sp³-hybridized carbons (Fsp3) is 0.724. The van der Waals surface area contributed by atoms with Crippen LogP contribution in [0, 0.1) is 17.8 Å². The van der Waals surface area contributed by atoms with Crippen molar-refractivity contribution in [1.29, 1.82) is 0 Å². The first-order valence-corrected chi connectivity index (χ1v) is 13.4. The van der Waals surface area contributed by atoms with E-state index in [4.69, 9.17) is 14.2 Å². The average Bonchev–Trinajstić information content (AvgIpc) is 2.87. The highest BCUT2D eigenvalue weighted by Gasteiger charge is 2.23. The van der Waals surface area contributed by atoms with Gasteiger partial charge in [0.25, 0.3) is 0 Å². The molecule has 33 heavy (non-hydrogen) atoms. The second-order valence-electron chi connectivity index (χ2n) is 10.2. The van der Waals surface area contributed by atoms with Gasteiger partial charge < -0.3 is 19.3 Å². The minimum atomic E-state index is -0.893. The summed E-state index contributed by atoms with van der Waals surface area (Å²) in [6, 6.07) is 8.98. The van der Waals surface area contributed by atoms with E-state index in [0.717, 1.165) is 30.8 Å². The van der Waals surface area contributed by atoms with Crippen LogP contribution in [0.2, 0.25) is 0 Å². The third-order valence-corrected chi connectivity index (χ3v) is 7.69. The molecule has 2 aliphatic carbocycles. The molecular weight excluding hydrogens is 412 g/mol. The summed E-state index contributed by atoms with van der Waals surface area (Å²) in [6.45, 7) is 8.30. The molecule has 0 aromatic heterocycles. The Morgan fingerprint density at radius 3 is 2.18 bits per heavy atom. The zero-order valence-corrected chi connectivity index (χ0v) is 20.8. The van der Waals surface area contributed by atoms with Crippen molar-refractivity contribution in [3.05, 3.63) is 42.5 Å². The fourth-order valence-corrected chi connectivity index (χ4v) is 5.44. The number of hydrogen-bond acceptors (Lipinski definition) is 4. The summed E-state index contributed by atoms with van der Waals surface area (Å²) in [5, 5.41) is 9.27. The maximum absolute atomic E-state index is 9.27. The summed E-state index contributed by atoms with van der Waals surface area (Å²) < 4.78 is 17.0. The molecule has 4 heteroatoms. The van der Waals surface area contributed by atoms with Crippen LogP contribution in [-0.2, 0) is 9.47 Å². The average molecular weight is 459 g/mol. The van der Waals surface area contributed by atoms with Crippen LogP contribution in [0.15, 0.2) is 36.9 Å². The van der Waals surface area contributed by atoms with Gasteiger partial charge in [-0.15, -0.1) is 0 Å². The monoisotopic (exact) mass is 458 g/mol. The second kappa shape index (κ2) is 14.8. The Kier molecular flexibility index (Phi) is 11.8. The van der Waals surface area contributed by atoms with Crippen molar-refractivity contribution in [3.63, 3.8) is 0 Å². The van der Waals surface area contributed by atoms with Crippen molar-refractivity contribution in [2.24, 2.45) is 17.8 Å². The van der Waals surface area contributed by atoms with E-state index in [2.05, 4.69) is 37.8 Å². The number of benzene rings is 1. The van der Waals surface area contributed by atoms with Gasteiger partial charge in [-0.3, -0.25) is 0 Å². The zero-order valence-electron chi connectivity index (χ0n) is 20.8. The molecule has 1 aromatic carbocycles. The van der Waals surface area contributed by atoms with Crippen LogP contribution in [0.1, 0.15) is 89.0 Å². The summed E-state index contributed by atoms with van der Waals surface area (Å²) >= 11 is 0. The van der Waals surface area contributed by atoms with E-state index < -0.39 is 6.29 Å². The molecule has 0 heterocycles. The van der Waals surface area contributed by atoms with E-state index in [1.807, 2.05) is 0 Å². The van der Waals surface area contributed by atoms with E-state index >= 15 is 0 Å². The highest BCUT2D eigenvalue weighted by Crippen LogP contribution is 2.38. The third-order valence-electron chi connectivity index (χ3n) is 7.69. The largest absolute Gasteiger partial charge is 0.493 e. The van der Waals surface area contributed by atoms with Crippen LogP contribution in [-0.4, -0.2) is 37.8 Å². The quantitative estimate of drug-likeness (QED) is 0.188. The number of aliphatic hydroxyl groups is 1. The summed E-state index contributed by atoms with van der Waals surface area (Å²) in [7, 11) is 0. The van der Waals surface area contributed by atoms with Gasteiger partial charge in [0.15, 0.2) is 6.29 Å². The predicted molar refractivity (Wildman–Crippen MR) is 135 cm³/mol. The molecule has 0 amide bonds. The lowest BCUT2D eigenvalue weighted by Gasteiger charge is -2.29. The molecule has 1 aromatic rings. The molecule has 0 bridgehead atoms. The van der Waals surface area contributed by atoms with E-state index in [9.17, 15) is 5.11 Å². The van der Waals surface area contributed by atoms with Gasteiger partial charge in [0.2, 0.25) is 0 Å². The fourth-order valence-electron chi connectivity index (χ4n) is 5.44. The van der Waals surface area contributed by atoms with Crippen molar-refractivity contribution in [2.45, 2.75) is 89.8 Å². The highest BCUT2D eigenvalue weighted by atomic mass is 16.6. The molecule has 4 nitrogen and oxygen atoms in total. The molecule has 1 N–H and O–H groups in total. The molecule has 1 unspecified atom stereocenters. The van der Waals surface area contributed by atoms with Gasteiger partial charge in [-0.25, -0.2) is 0 Å². The van der Waals surface area contributed by atoms with Crippen LogP contribution >= 0.6 is 0 Å². The Morgan fingerprint density at radius 1 is 0.909 bits per heavy atom. The third kappa shape index (κ3) is 9.42. The molecule has 2 saturated carbocycles. The Hall–Kier alpha value is -1.36. The van der Waals surface area contributed by atoms with Crippen molar-refractivity contribution in [2.75, 3.05) is 26.4 Å². The van der Waals surface area contributed by atoms with Crippen molar-refractivity contribution >= 4 is 0 Å². The number of rotatable bonds is 14. The molecule has 186 valence electrons. The van der Waals surface area contributed by atoms with Crippen molar-refractivity contribution in [1.82, 2.24) is 0 Å². The summed E-state index contributed by atoms with van der Waals surface area (Å²) in [5.41, 5.74) is 1.50. The lowest BCUT2D eigenvalue weighted by molar-refractivity contribution is -0.0837. The molecule has 1 atom stereocenters. The van der Waals surface area contributed by atoms with Gasteiger partial charge in [-0.05, 0) is 98.8 Å². The number of aliphatic hydroxyl groups excluding tert-OH is 1. The molecule has 0 radical (unpaired) electrons. The van der Waals surface area contributed by atoms with Gasteiger partial charge in [0.05, 0.1) is 19.8 Å². The minimum Gasteiger partial charge on any atom is -0.493 e. The van der Waals surface area contributed by atoms with Gasteiger partial charge in [0, 0.05) is 6.61 Å². The first-order chi connectivity index (χ1) is 16.2. The lowest BCUT2D eigenvalue weighted by Crippen LogP contribution is -2.23. The topological polar surface area (TPSA) is 47.9 Å². The summed E-state index contributed by atoms with van der Waals surface area (Å²) in [6.07, 6.45) is 15.0. The first-order valence-electron chi connectivity index (χ1n) is 13.4. The van der Waals surface area contributed by atoms with Crippen LogP contribution in [0.5, 0.6) is 5.75 Å². The highest BCUT2D eigenvalue weighted by molar-refractivity contribution is 5.29. The Morgan fingerprint density at radius 2 is 1.55 bits per heavy atom. The maximum atomic E-state index is 9.27. The molecular formula is C29H46O4. The Bertz CT molecular complexity index is 642. The van der Waals surface area contributed by atoms with Crippen LogP contribution in [0.25, 0.3) is 0 Å². The SMILES string of the molecule is C=CC(O)OCCOCC1CCC(COc2ccc(C3CCC(CCCC)CC3)cc2)CC1. The van der Waals surface area contributed by atoms with Gasteiger partial charge in [-0.1, -0.05) is 44.9 Å². The van der Waals surface area contributed by atoms with Crippen LogP contribution in [0.4, 0.5) is 0 Å². The Balaban J connectivity index is 1.27. The van der Waals surface area contributed by atoms with Crippen molar-refractivity contribution < 1.29 is 19.3 Å². The summed E-state index contributed by atoms with van der Waals surface area (Å²) in [4.78, 5) is 0. The molecule has 0 saturated heterocycles. The number of ether oxygens (including phenoxy) is 3. The predicted octanol–water partition coefficient (Wildman–Crippen LogP) is 6.87. The van der Waals surface area contributed by atoms with Gasteiger partial charge >= 0.3 is 0 Å². The minimum absolute atomic E-state index is 0.398. The maximum Gasteiger partial charge on any atom is 0.173 e. The van der Waals surface area contributed by atoms with E-state index in [0.29, 0.717) is 25.0 Å².